The molecule has 0 saturated heterocycles. The lowest BCUT2D eigenvalue weighted by Gasteiger charge is -2.15. The molecule has 3 rings (SSSR count). The van der Waals surface area contributed by atoms with Gasteiger partial charge in [-0.15, -0.1) is 0 Å². The van der Waals surface area contributed by atoms with E-state index < -0.39 is 0 Å². The summed E-state index contributed by atoms with van der Waals surface area (Å²) in [4.78, 5) is 9.12. The number of nitrogens with zero attached hydrogens (tertiary/aromatic N) is 5. The molecule has 0 spiro atoms. The van der Waals surface area contributed by atoms with Crippen LogP contribution in [0.2, 0.25) is 0 Å². The van der Waals surface area contributed by atoms with Gasteiger partial charge in [0.05, 0.1) is 23.3 Å². The minimum Gasteiger partial charge on any atom is -0.256 e. The Balaban J connectivity index is 2.41. The summed E-state index contributed by atoms with van der Waals surface area (Å²) in [5.74, 6) is 0.229. The molecule has 5 heteroatoms. The highest BCUT2D eigenvalue weighted by Gasteiger charge is 2.19. The quantitative estimate of drug-likeness (QED) is 0.722. The summed E-state index contributed by atoms with van der Waals surface area (Å²) in [6.07, 6.45) is 3.33. The van der Waals surface area contributed by atoms with E-state index in [1.165, 1.54) is 0 Å². The molecule has 0 atom stereocenters. The van der Waals surface area contributed by atoms with Crippen LogP contribution >= 0.6 is 0 Å². The molecule has 104 valence electrons. The topological polar surface area (TPSA) is 66.9 Å². The Hall–Kier alpha value is -2.74. The number of fused-ring (bicyclic) bond motifs is 1. The first-order chi connectivity index (χ1) is 10.1. The fourth-order valence-electron chi connectivity index (χ4n) is 2.48. The summed E-state index contributed by atoms with van der Waals surface area (Å²) in [6.45, 7) is 6.17. The van der Waals surface area contributed by atoms with Gasteiger partial charge in [-0.2, -0.15) is 10.4 Å². The van der Waals surface area contributed by atoms with Gasteiger partial charge in [0.15, 0.2) is 5.65 Å². The van der Waals surface area contributed by atoms with Gasteiger partial charge < -0.3 is 0 Å². The number of aryl methyl sites for hydroxylation is 1. The predicted molar refractivity (Wildman–Crippen MR) is 79.8 cm³/mol. The van der Waals surface area contributed by atoms with Gasteiger partial charge in [0.2, 0.25) is 0 Å². The van der Waals surface area contributed by atoms with E-state index in [4.69, 9.17) is 0 Å². The van der Waals surface area contributed by atoms with E-state index in [1.807, 2.05) is 25.1 Å². The van der Waals surface area contributed by atoms with Crippen molar-refractivity contribution in [3.8, 4) is 17.3 Å². The first kappa shape index (κ1) is 13.3. The number of aromatic nitrogens is 4. The van der Waals surface area contributed by atoms with Crippen molar-refractivity contribution in [2.24, 2.45) is 0 Å². The molecule has 0 aromatic carbocycles. The summed E-state index contributed by atoms with van der Waals surface area (Å²) in [6, 6.07) is 7.96. The summed E-state index contributed by atoms with van der Waals surface area (Å²) in [7, 11) is 0. The highest BCUT2D eigenvalue weighted by atomic mass is 15.3. The van der Waals surface area contributed by atoms with Crippen LogP contribution in [0.25, 0.3) is 16.9 Å². The third-order valence-corrected chi connectivity index (χ3v) is 3.49. The van der Waals surface area contributed by atoms with Gasteiger partial charge in [-0.3, -0.25) is 4.98 Å². The number of rotatable bonds is 2. The molecule has 0 amide bonds. The molecule has 0 saturated carbocycles. The Labute approximate surface area is 122 Å². The molecule has 0 fully saturated rings. The van der Waals surface area contributed by atoms with Crippen LogP contribution in [-0.2, 0) is 0 Å². The van der Waals surface area contributed by atoms with Crippen molar-refractivity contribution in [1.82, 2.24) is 19.6 Å². The van der Waals surface area contributed by atoms with E-state index in [0.717, 1.165) is 22.6 Å². The van der Waals surface area contributed by atoms with Gasteiger partial charge in [-0.1, -0.05) is 19.9 Å². The predicted octanol–water partition coefficient (Wildman–Crippen LogP) is 3.09. The zero-order chi connectivity index (χ0) is 15.0. The summed E-state index contributed by atoms with van der Waals surface area (Å²) >= 11 is 0. The lowest BCUT2D eigenvalue weighted by molar-refractivity contribution is 0.799. The fraction of sp³-hybridized carbons (Fsp3) is 0.250. The molecule has 0 aliphatic heterocycles. The van der Waals surface area contributed by atoms with Crippen molar-refractivity contribution in [2.45, 2.75) is 26.7 Å². The maximum atomic E-state index is 9.18. The molecule has 3 heterocycles. The first-order valence-electron chi connectivity index (χ1n) is 6.83. The van der Waals surface area contributed by atoms with Crippen LogP contribution in [-0.4, -0.2) is 19.6 Å². The first-order valence-corrected chi connectivity index (χ1v) is 6.83. The van der Waals surface area contributed by atoms with E-state index in [9.17, 15) is 5.26 Å². The number of pyridine rings is 1. The molecule has 0 unspecified atom stereocenters. The van der Waals surface area contributed by atoms with Crippen molar-refractivity contribution in [2.75, 3.05) is 0 Å². The average Bonchev–Trinajstić information content (AvgIpc) is 2.91. The smallest absolute Gasteiger partial charge is 0.173 e. The van der Waals surface area contributed by atoms with E-state index in [0.29, 0.717) is 11.2 Å². The highest BCUT2D eigenvalue weighted by molar-refractivity contribution is 5.69. The lowest BCUT2D eigenvalue weighted by atomic mass is 9.99. The van der Waals surface area contributed by atoms with Crippen molar-refractivity contribution < 1.29 is 0 Å². The van der Waals surface area contributed by atoms with Crippen LogP contribution in [0.4, 0.5) is 0 Å². The van der Waals surface area contributed by atoms with Gasteiger partial charge in [0.1, 0.15) is 11.6 Å². The standard InChI is InChI=1S/C16H15N5/c1-10(2)15-14(13-6-4-5-7-18-13)11(3)21-16(20-15)12(8-17)9-19-21/h4-7,9-10H,1-3H3. The number of hydrogen-bond acceptors (Lipinski definition) is 4. The Kier molecular flexibility index (Phi) is 3.15. The van der Waals surface area contributed by atoms with E-state index >= 15 is 0 Å². The Morgan fingerprint density at radius 3 is 2.71 bits per heavy atom. The average molecular weight is 277 g/mol. The third kappa shape index (κ3) is 2.05. The largest absolute Gasteiger partial charge is 0.256 e. The molecule has 3 aromatic rings. The highest BCUT2D eigenvalue weighted by Crippen LogP contribution is 2.30. The molecule has 0 aliphatic carbocycles. The maximum absolute atomic E-state index is 9.18. The van der Waals surface area contributed by atoms with Crippen molar-refractivity contribution in [1.29, 1.82) is 5.26 Å². The fourth-order valence-corrected chi connectivity index (χ4v) is 2.48. The Morgan fingerprint density at radius 1 is 1.29 bits per heavy atom. The summed E-state index contributed by atoms with van der Waals surface area (Å²) < 4.78 is 1.72. The SMILES string of the molecule is Cc1c(-c2ccccn2)c(C(C)C)nc2c(C#N)cnn12. The second-order valence-electron chi connectivity index (χ2n) is 5.23. The molecule has 5 nitrogen and oxygen atoms in total. The van der Waals surface area contributed by atoms with Gasteiger partial charge in [0.25, 0.3) is 0 Å². The zero-order valence-electron chi connectivity index (χ0n) is 12.2. The van der Waals surface area contributed by atoms with Gasteiger partial charge in [0, 0.05) is 11.8 Å². The van der Waals surface area contributed by atoms with E-state index in [2.05, 4.69) is 35.0 Å². The van der Waals surface area contributed by atoms with E-state index in [1.54, 1.807) is 16.9 Å². The van der Waals surface area contributed by atoms with Crippen LogP contribution in [0.15, 0.2) is 30.6 Å². The monoisotopic (exact) mass is 277 g/mol. The Bertz CT molecular complexity index is 840. The molecule has 0 radical (unpaired) electrons. The number of hydrogen-bond donors (Lipinski definition) is 0. The van der Waals surface area contributed by atoms with Gasteiger partial charge >= 0.3 is 0 Å². The molecule has 0 bridgehead atoms. The van der Waals surface area contributed by atoms with Crippen molar-refractivity contribution in [3.05, 3.63) is 47.5 Å². The molecule has 3 aromatic heterocycles. The molecular formula is C16H15N5. The zero-order valence-corrected chi connectivity index (χ0v) is 12.2. The lowest BCUT2D eigenvalue weighted by Crippen LogP contribution is -2.07. The van der Waals surface area contributed by atoms with Crippen LogP contribution in [0.3, 0.4) is 0 Å². The van der Waals surface area contributed by atoms with E-state index in [-0.39, 0.29) is 5.92 Å². The summed E-state index contributed by atoms with van der Waals surface area (Å²) in [5, 5.41) is 13.5. The maximum Gasteiger partial charge on any atom is 0.173 e. The second-order valence-corrected chi connectivity index (χ2v) is 5.23. The summed E-state index contributed by atoms with van der Waals surface area (Å²) in [5.41, 5.74) is 4.86. The molecular weight excluding hydrogens is 262 g/mol. The van der Waals surface area contributed by atoms with Gasteiger partial charge in [-0.05, 0) is 25.0 Å². The minimum atomic E-state index is 0.229. The number of nitriles is 1. The molecule has 0 N–H and O–H groups in total. The Morgan fingerprint density at radius 2 is 2.10 bits per heavy atom. The third-order valence-electron chi connectivity index (χ3n) is 3.49. The second kappa shape index (κ2) is 4.98. The molecule has 21 heavy (non-hydrogen) atoms. The van der Waals surface area contributed by atoms with Crippen LogP contribution in [0.1, 0.15) is 36.7 Å². The van der Waals surface area contributed by atoms with Crippen LogP contribution in [0.5, 0.6) is 0 Å². The minimum absolute atomic E-state index is 0.229. The van der Waals surface area contributed by atoms with Crippen molar-refractivity contribution in [3.63, 3.8) is 0 Å². The van der Waals surface area contributed by atoms with Crippen molar-refractivity contribution >= 4 is 5.65 Å². The van der Waals surface area contributed by atoms with Crippen LogP contribution in [0, 0.1) is 18.3 Å². The normalized spacial score (nSPS) is 11.0. The van der Waals surface area contributed by atoms with Gasteiger partial charge in [-0.25, -0.2) is 9.50 Å². The van der Waals surface area contributed by atoms with Crippen LogP contribution < -0.4 is 0 Å². The molecule has 0 aliphatic rings.